The van der Waals surface area contributed by atoms with Gasteiger partial charge >= 0.3 is 0 Å². The minimum atomic E-state index is -0.170. The molecule has 3 rings (SSSR count). The average molecular weight is 360 g/mol. The van der Waals surface area contributed by atoms with E-state index in [4.69, 9.17) is 22.1 Å². The van der Waals surface area contributed by atoms with Crippen LogP contribution in [-0.4, -0.2) is 17.0 Å². The second kappa shape index (κ2) is 10.3. The normalized spacial score (nSPS) is 13.2. The molecule has 25 heavy (non-hydrogen) atoms. The molecular weight excluding hydrogens is 338 g/mol. The number of hydrogen-bond acceptors (Lipinski definition) is 4. The number of benzene rings is 1. The summed E-state index contributed by atoms with van der Waals surface area (Å²) in [6.45, 7) is 6.00. The number of carbonyl (C=O) groups excluding carboxylic acids is 1. The molecule has 1 aliphatic rings. The van der Waals surface area contributed by atoms with Gasteiger partial charge < -0.3 is 10.5 Å². The van der Waals surface area contributed by atoms with Crippen molar-refractivity contribution < 1.29 is 4.79 Å². The van der Waals surface area contributed by atoms with Crippen LogP contribution in [0.4, 0.5) is 0 Å². The number of halogens is 1. The predicted molar refractivity (Wildman–Crippen MR) is 103 cm³/mol. The maximum Gasteiger partial charge on any atom is 0.272 e. The summed E-state index contributed by atoms with van der Waals surface area (Å²) in [6, 6.07) is 7.47. The zero-order valence-corrected chi connectivity index (χ0v) is 15.1. The number of nitrogens with two attached hydrogens (primary N) is 1. The highest BCUT2D eigenvalue weighted by atomic mass is 35.5. The molecule has 0 radical (unpaired) electrons. The van der Waals surface area contributed by atoms with Gasteiger partial charge in [0.25, 0.3) is 5.56 Å². The van der Waals surface area contributed by atoms with Gasteiger partial charge in [-0.25, -0.2) is 5.10 Å². The Balaban J connectivity index is 0.000000730. The number of rotatable bonds is 2. The van der Waals surface area contributed by atoms with Gasteiger partial charge in [-0.1, -0.05) is 61.4 Å². The van der Waals surface area contributed by atoms with E-state index in [2.05, 4.69) is 10.2 Å². The second-order valence-electron chi connectivity index (χ2n) is 4.92. The molecule has 1 aliphatic carbocycles. The minimum Gasteiger partial charge on any atom is -0.398 e. The third-order valence-corrected chi connectivity index (χ3v) is 3.84. The van der Waals surface area contributed by atoms with Crippen LogP contribution >= 0.6 is 11.6 Å². The van der Waals surface area contributed by atoms with E-state index >= 15 is 0 Å². The molecule has 0 spiro atoms. The fraction of sp³-hybridized carbons (Fsp3) is 0.211. The van der Waals surface area contributed by atoms with Gasteiger partial charge in [-0.15, -0.1) is 0 Å². The van der Waals surface area contributed by atoms with E-state index in [1.165, 1.54) is 0 Å². The molecule has 6 heteroatoms. The number of fused-ring (bicyclic) bond motifs is 1. The van der Waals surface area contributed by atoms with Crippen LogP contribution in [0.3, 0.4) is 0 Å². The molecule has 0 bridgehead atoms. The molecule has 0 atom stereocenters. The molecule has 3 N–H and O–H groups in total. The van der Waals surface area contributed by atoms with Crippen molar-refractivity contribution in [2.24, 2.45) is 5.73 Å². The molecule has 0 aliphatic heterocycles. The summed E-state index contributed by atoms with van der Waals surface area (Å²) in [5.41, 5.74) is 8.20. The molecule has 0 unspecified atom stereocenters. The van der Waals surface area contributed by atoms with Crippen molar-refractivity contribution in [1.82, 2.24) is 10.2 Å². The molecular formula is C19H22ClN3O2. The van der Waals surface area contributed by atoms with Crippen LogP contribution in [0.15, 0.2) is 63.6 Å². The summed E-state index contributed by atoms with van der Waals surface area (Å²) < 4.78 is 0. The van der Waals surface area contributed by atoms with Crippen LogP contribution in [0.1, 0.15) is 26.0 Å². The lowest BCUT2D eigenvalue weighted by Gasteiger charge is -2.06. The number of aromatic amines is 1. The zero-order chi connectivity index (χ0) is 18.8. The maximum atomic E-state index is 11.8. The van der Waals surface area contributed by atoms with E-state index < -0.39 is 0 Å². The van der Waals surface area contributed by atoms with Gasteiger partial charge in [-0.2, -0.15) is 5.10 Å². The van der Waals surface area contributed by atoms with Gasteiger partial charge in [-0.3, -0.25) is 4.79 Å². The largest absolute Gasteiger partial charge is 0.398 e. The summed E-state index contributed by atoms with van der Waals surface area (Å²) >= 11 is 6.02. The van der Waals surface area contributed by atoms with Gasteiger partial charge in [0.05, 0.1) is 16.1 Å². The monoisotopic (exact) mass is 359 g/mol. The minimum absolute atomic E-state index is 0.170. The van der Waals surface area contributed by atoms with Crippen LogP contribution in [-0.2, 0) is 11.2 Å². The van der Waals surface area contributed by atoms with E-state index in [0.29, 0.717) is 29.0 Å². The topological polar surface area (TPSA) is 88.8 Å². The van der Waals surface area contributed by atoms with Crippen LogP contribution in [0.5, 0.6) is 0 Å². The average Bonchev–Trinajstić information content (AvgIpc) is 2.83. The SMILES string of the molecule is C=O.CC.NC1=CCC(Cc2n[nH]c(=O)c3ccccc23)=CC=C1Cl. The summed E-state index contributed by atoms with van der Waals surface area (Å²) in [4.78, 5) is 19.8. The molecule has 132 valence electrons. The van der Waals surface area contributed by atoms with Gasteiger partial charge in [0, 0.05) is 17.5 Å². The number of nitrogens with one attached hydrogen (secondary N) is 1. The van der Waals surface area contributed by atoms with Crippen molar-refractivity contribution in [3.63, 3.8) is 0 Å². The molecule has 0 saturated carbocycles. The van der Waals surface area contributed by atoms with E-state index in [0.717, 1.165) is 16.7 Å². The van der Waals surface area contributed by atoms with Crippen molar-refractivity contribution >= 4 is 29.2 Å². The maximum absolute atomic E-state index is 11.8. The van der Waals surface area contributed by atoms with Crippen molar-refractivity contribution in [1.29, 1.82) is 0 Å². The third kappa shape index (κ3) is 5.16. The Bertz CT molecular complexity index is 866. The predicted octanol–water partition coefficient (Wildman–Crippen LogP) is 3.60. The Morgan fingerprint density at radius 1 is 1.20 bits per heavy atom. The number of nitrogens with zero attached hydrogens (tertiary/aromatic N) is 1. The van der Waals surface area contributed by atoms with Crippen LogP contribution in [0.25, 0.3) is 10.8 Å². The molecule has 1 aromatic heterocycles. The quantitative estimate of drug-likeness (QED) is 0.857. The summed E-state index contributed by atoms with van der Waals surface area (Å²) in [6.07, 6.45) is 7.00. The van der Waals surface area contributed by atoms with Gasteiger partial charge in [-0.05, 0) is 18.6 Å². The Morgan fingerprint density at radius 3 is 2.52 bits per heavy atom. The lowest BCUT2D eigenvalue weighted by atomic mass is 10.0. The van der Waals surface area contributed by atoms with E-state index in [1.807, 2.05) is 51.0 Å². The van der Waals surface area contributed by atoms with Crippen molar-refractivity contribution in [2.45, 2.75) is 26.7 Å². The lowest BCUT2D eigenvalue weighted by Crippen LogP contribution is -2.11. The van der Waals surface area contributed by atoms with E-state index in [-0.39, 0.29) is 5.56 Å². The summed E-state index contributed by atoms with van der Waals surface area (Å²) in [5.74, 6) is 0. The molecule has 1 aromatic carbocycles. The fourth-order valence-corrected chi connectivity index (χ4v) is 2.49. The molecule has 5 nitrogen and oxygen atoms in total. The standard InChI is InChI=1S/C16H14ClN3O.C2H6.CH2O/c17-13-7-5-10(6-8-14(13)18)9-15-11-3-1-2-4-12(11)16(21)20-19-15;2*1-2/h1-5,7-8H,6,9,18H2,(H,20,21);1-2H3;1H2. The Hall–Kier alpha value is -2.66. The zero-order valence-electron chi connectivity index (χ0n) is 14.4. The number of carbonyl (C=O) groups is 1. The van der Waals surface area contributed by atoms with Gasteiger partial charge in [0.15, 0.2) is 0 Å². The molecule has 0 fully saturated rings. The second-order valence-corrected chi connectivity index (χ2v) is 5.33. The van der Waals surface area contributed by atoms with Crippen molar-refractivity contribution in [3.8, 4) is 0 Å². The first-order valence-corrected chi connectivity index (χ1v) is 8.29. The Kier molecular flexibility index (Phi) is 8.36. The first kappa shape index (κ1) is 20.4. The highest BCUT2D eigenvalue weighted by Crippen LogP contribution is 2.22. The number of H-pyrrole nitrogens is 1. The highest BCUT2D eigenvalue weighted by Gasteiger charge is 2.09. The van der Waals surface area contributed by atoms with E-state index in [9.17, 15) is 4.79 Å². The smallest absolute Gasteiger partial charge is 0.272 e. The van der Waals surface area contributed by atoms with Gasteiger partial charge in [0.2, 0.25) is 0 Å². The summed E-state index contributed by atoms with van der Waals surface area (Å²) in [5, 5.41) is 8.81. The third-order valence-electron chi connectivity index (χ3n) is 3.49. The number of aromatic nitrogens is 2. The van der Waals surface area contributed by atoms with Crippen LogP contribution < -0.4 is 11.3 Å². The van der Waals surface area contributed by atoms with Gasteiger partial charge in [0.1, 0.15) is 6.79 Å². The summed E-state index contributed by atoms with van der Waals surface area (Å²) in [7, 11) is 0. The molecule has 0 saturated heterocycles. The van der Waals surface area contributed by atoms with Crippen molar-refractivity contribution in [2.75, 3.05) is 0 Å². The Morgan fingerprint density at radius 2 is 1.84 bits per heavy atom. The highest BCUT2D eigenvalue weighted by molar-refractivity contribution is 6.32. The Labute approximate surface area is 151 Å². The first-order valence-electron chi connectivity index (χ1n) is 7.91. The van der Waals surface area contributed by atoms with Crippen molar-refractivity contribution in [3.05, 3.63) is 74.8 Å². The first-order chi connectivity index (χ1) is 12.1. The number of allylic oxidation sites excluding steroid dienone is 5. The van der Waals surface area contributed by atoms with Crippen LogP contribution in [0, 0.1) is 0 Å². The number of hydrogen-bond donors (Lipinski definition) is 2. The molecule has 2 aromatic rings. The molecule has 1 heterocycles. The van der Waals surface area contributed by atoms with Crippen LogP contribution in [0.2, 0.25) is 0 Å². The van der Waals surface area contributed by atoms with E-state index in [1.54, 1.807) is 12.1 Å². The fourth-order valence-electron chi connectivity index (χ4n) is 2.35. The molecule has 0 amide bonds. The lowest BCUT2D eigenvalue weighted by molar-refractivity contribution is -0.0979.